The highest BCUT2D eigenvalue weighted by Crippen LogP contribution is 2.30. The van der Waals surface area contributed by atoms with Crippen LogP contribution in [0.25, 0.3) is 0 Å². The van der Waals surface area contributed by atoms with Gasteiger partial charge in [0.2, 0.25) is 0 Å². The van der Waals surface area contributed by atoms with Crippen molar-refractivity contribution >= 4 is 11.7 Å². The number of aliphatic imine (C=N–C) groups is 2. The van der Waals surface area contributed by atoms with Crippen molar-refractivity contribution in [3.8, 4) is 0 Å². The third kappa shape index (κ3) is 11.1. The van der Waals surface area contributed by atoms with E-state index in [-0.39, 0.29) is 12.8 Å². The van der Waals surface area contributed by atoms with Gasteiger partial charge in [-0.3, -0.25) is 9.98 Å². The summed E-state index contributed by atoms with van der Waals surface area (Å²) < 4.78 is 76.7. The van der Waals surface area contributed by atoms with Gasteiger partial charge in [0.25, 0.3) is 0 Å². The van der Waals surface area contributed by atoms with E-state index in [2.05, 4.69) is 9.98 Å². The number of unbranched alkanes of at least 4 members (excludes halogenated alkanes) is 5. The average Bonchev–Trinajstić information content (AvgIpc) is 2.79. The Labute approximate surface area is 207 Å². The van der Waals surface area contributed by atoms with Crippen LogP contribution in [0, 0.1) is 0 Å². The molecular weight excluding hydrogens is 482 g/mol. The topological polar surface area (TPSA) is 76.8 Å². The highest BCUT2D eigenvalue weighted by molar-refractivity contribution is 5.83. The molecule has 0 radical (unpaired) electrons. The van der Waals surface area contributed by atoms with Crippen LogP contribution in [0.1, 0.15) is 60.8 Å². The van der Waals surface area contributed by atoms with Gasteiger partial charge in [0.15, 0.2) is 0 Å². The van der Waals surface area contributed by atoms with E-state index >= 15 is 0 Å². The van der Waals surface area contributed by atoms with Crippen LogP contribution in [0.4, 0.5) is 26.3 Å². The molecule has 2 aromatic rings. The van der Waals surface area contributed by atoms with Crippen molar-refractivity contribution < 1.29 is 26.3 Å². The molecule has 0 heterocycles. The third-order valence-electron chi connectivity index (χ3n) is 5.48. The number of hydrogen-bond donors (Lipinski definition) is 2. The van der Waals surface area contributed by atoms with Crippen molar-refractivity contribution in [1.82, 2.24) is 0 Å². The summed E-state index contributed by atoms with van der Waals surface area (Å²) in [4.78, 5) is 8.50. The molecule has 4 nitrogen and oxygen atoms in total. The van der Waals surface area contributed by atoms with E-state index in [1.165, 1.54) is 12.1 Å². The van der Waals surface area contributed by atoms with E-state index in [0.29, 0.717) is 35.9 Å². The summed E-state index contributed by atoms with van der Waals surface area (Å²) in [5.41, 5.74) is 11.3. The number of alkyl halides is 6. The SMILES string of the molecule is NC(Cc1cccc(C(F)(F)F)c1)=NCCCCCCCCN=C(N)Cc1cccc(C(F)(F)F)c1. The van der Waals surface area contributed by atoms with Crippen LogP contribution in [0.3, 0.4) is 0 Å². The molecule has 36 heavy (non-hydrogen) atoms. The van der Waals surface area contributed by atoms with Crippen LogP contribution in [-0.4, -0.2) is 24.8 Å². The summed E-state index contributed by atoms with van der Waals surface area (Å²) >= 11 is 0. The van der Waals surface area contributed by atoms with Crippen molar-refractivity contribution in [2.24, 2.45) is 21.5 Å². The maximum absolute atomic E-state index is 12.8. The highest BCUT2D eigenvalue weighted by Gasteiger charge is 2.31. The maximum Gasteiger partial charge on any atom is 0.416 e. The zero-order valence-electron chi connectivity index (χ0n) is 20.0. The fourth-order valence-corrected chi connectivity index (χ4v) is 3.62. The second-order valence-corrected chi connectivity index (χ2v) is 8.62. The average molecular weight is 515 g/mol. The van der Waals surface area contributed by atoms with Crippen molar-refractivity contribution in [2.45, 2.75) is 63.7 Å². The molecule has 198 valence electrons. The molecule has 0 atom stereocenters. The Hall–Kier alpha value is -3.04. The Morgan fingerprint density at radius 2 is 0.944 bits per heavy atom. The van der Waals surface area contributed by atoms with Gasteiger partial charge < -0.3 is 11.5 Å². The van der Waals surface area contributed by atoms with Gasteiger partial charge in [-0.05, 0) is 36.1 Å². The second kappa shape index (κ2) is 13.9. The van der Waals surface area contributed by atoms with E-state index < -0.39 is 23.5 Å². The van der Waals surface area contributed by atoms with E-state index in [1.54, 1.807) is 12.1 Å². The molecule has 4 N–H and O–H groups in total. The van der Waals surface area contributed by atoms with Gasteiger partial charge in [-0.1, -0.05) is 62.1 Å². The summed E-state index contributed by atoms with van der Waals surface area (Å²) in [6, 6.07) is 10.2. The van der Waals surface area contributed by atoms with Crippen LogP contribution < -0.4 is 11.5 Å². The minimum atomic E-state index is -4.38. The Kier molecular flexibility index (Phi) is 11.3. The molecule has 0 saturated carbocycles. The monoisotopic (exact) mass is 514 g/mol. The molecule has 2 rings (SSSR count). The summed E-state index contributed by atoms with van der Waals surface area (Å²) in [6.45, 7) is 1.06. The van der Waals surface area contributed by atoms with E-state index in [0.717, 1.165) is 62.8 Å². The van der Waals surface area contributed by atoms with Crippen LogP contribution in [0.2, 0.25) is 0 Å². The lowest BCUT2D eigenvalue weighted by molar-refractivity contribution is -0.138. The summed E-state index contributed by atoms with van der Waals surface area (Å²) in [7, 11) is 0. The van der Waals surface area contributed by atoms with Gasteiger partial charge in [0.1, 0.15) is 0 Å². The normalized spacial score (nSPS) is 13.3. The first-order chi connectivity index (χ1) is 16.9. The smallest absolute Gasteiger partial charge is 0.387 e. The predicted molar refractivity (Wildman–Crippen MR) is 131 cm³/mol. The standard InChI is InChI=1S/C26H32F6N4/c27-25(28,29)21-11-7-9-19(15-21)17-23(33)35-13-5-3-1-2-4-6-14-36-24(34)18-20-10-8-12-22(16-20)26(30,31)32/h7-12,15-16H,1-6,13-14,17-18H2,(H2,33,35)(H2,34,36). The Bertz CT molecular complexity index is 930. The Morgan fingerprint density at radius 3 is 1.31 bits per heavy atom. The Balaban J connectivity index is 1.57. The van der Waals surface area contributed by atoms with Crippen molar-refractivity contribution in [2.75, 3.05) is 13.1 Å². The zero-order chi connectivity index (χ0) is 26.6. The molecule has 0 aliphatic carbocycles. The maximum atomic E-state index is 12.8. The second-order valence-electron chi connectivity index (χ2n) is 8.62. The lowest BCUT2D eigenvalue weighted by Crippen LogP contribution is -2.16. The summed E-state index contributed by atoms with van der Waals surface area (Å²) in [6.07, 6.45) is -2.79. The number of benzene rings is 2. The van der Waals surface area contributed by atoms with E-state index in [9.17, 15) is 26.3 Å². The molecule has 10 heteroatoms. The molecule has 0 aliphatic heterocycles. The van der Waals surface area contributed by atoms with Crippen LogP contribution >= 0.6 is 0 Å². The molecule has 0 bridgehead atoms. The number of hydrogen-bond acceptors (Lipinski definition) is 2. The van der Waals surface area contributed by atoms with Gasteiger partial charge in [0, 0.05) is 25.9 Å². The quantitative estimate of drug-likeness (QED) is 0.137. The molecule has 0 unspecified atom stereocenters. The fraction of sp³-hybridized carbons (Fsp3) is 0.462. The third-order valence-corrected chi connectivity index (χ3v) is 5.48. The van der Waals surface area contributed by atoms with Crippen molar-refractivity contribution in [1.29, 1.82) is 0 Å². The molecule has 0 fully saturated rings. The molecule has 0 spiro atoms. The molecular formula is C26H32F6N4. The lowest BCUT2D eigenvalue weighted by Gasteiger charge is -2.08. The highest BCUT2D eigenvalue weighted by atomic mass is 19.4. The number of nitrogens with two attached hydrogens (primary N) is 2. The first-order valence-corrected chi connectivity index (χ1v) is 11.8. The van der Waals surface area contributed by atoms with Crippen LogP contribution in [0.5, 0.6) is 0 Å². The molecule has 0 aliphatic rings. The lowest BCUT2D eigenvalue weighted by atomic mass is 10.1. The molecule has 0 saturated heterocycles. The number of nitrogens with zero attached hydrogens (tertiary/aromatic N) is 2. The van der Waals surface area contributed by atoms with Crippen molar-refractivity contribution in [3.63, 3.8) is 0 Å². The van der Waals surface area contributed by atoms with Gasteiger partial charge in [0.05, 0.1) is 22.8 Å². The first-order valence-electron chi connectivity index (χ1n) is 11.8. The van der Waals surface area contributed by atoms with Gasteiger partial charge in [-0.15, -0.1) is 0 Å². The zero-order valence-corrected chi connectivity index (χ0v) is 20.0. The fourth-order valence-electron chi connectivity index (χ4n) is 3.62. The van der Waals surface area contributed by atoms with Gasteiger partial charge >= 0.3 is 12.4 Å². The van der Waals surface area contributed by atoms with E-state index in [1.807, 2.05) is 0 Å². The number of rotatable bonds is 13. The molecule has 2 aromatic carbocycles. The number of amidine groups is 2. The van der Waals surface area contributed by atoms with Crippen molar-refractivity contribution in [3.05, 3.63) is 70.8 Å². The largest absolute Gasteiger partial charge is 0.416 e. The Morgan fingerprint density at radius 1 is 0.583 bits per heavy atom. The summed E-state index contributed by atoms with van der Waals surface area (Å²) in [5, 5.41) is 0. The number of halogens is 6. The van der Waals surface area contributed by atoms with Crippen LogP contribution in [0.15, 0.2) is 58.5 Å². The summed E-state index contributed by atoms with van der Waals surface area (Å²) in [5.74, 6) is 0.629. The van der Waals surface area contributed by atoms with Gasteiger partial charge in [-0.2, -0.15) is 26.3 Å². The van der Waals surface area contributed by atoms with Gasteiger partial charge in [-0.25, -0.2) is 0 Å². The van der Waals surface area contributed by atoms with E-state index in [4.69, 9.17) is 11.5 Å². The minimum Gasteiger partial charge on any atom is -0.387 e. The molecule has 0 aromatic heterocycles. The predicted octanol–water partition coefficient (Wildman–Crippen LogP) is 6.56. The van der Waals surface area contributed by atoms with Crippen LogP contribution in [-0.2, 0) is 25.2 Å². The molecule has 0 amide bonds. The minimum absolute atomic E-state index is 0.182. The first kappa shape index (κ1) is 29.2.